The molecule has 2 unspecified atom stereocenters. The van der Waals surface area contributed by atoms with Crippen LogP contribution in [0.2, 0.25) is 0 Å². The van der Waals surface area contributed by atoms with Crippen molar-refractivity contribution in [2.45, 2.75) is 46.0 Å². The summed E-state index contributed by atoms with van der Waals surface area (Å²) in [5.74, 6) is 0.776. The van der Waals surface area contributed by atoms with Crippen LogP contribution >= 0.6 is 0 Å². The molecule has 19 heavy (non-hydrogen) atoms. The highest BCUT2D eigenvalue weighted by Crippen LogP contribution is 2.39. The van der Waals surface area contributed by atoms with Crippen molar-refractivity contribution in [2.24, 2.45) is 11.3 Å². The summed E-state index contributed by atoms with van der Waals surface area (Å²) in [4.78, 5) is 4.81. The number of hydrogen-bond donors (Lipinski definition) is 1. The van der Waals surface area contributed by atoms with Gasteiger partial charge in [0.25, 0.3) is 0 Å². The molecule has 1 N–H and O–H groups in total. The van der Waals surface area contributed by atoms with E-state index in [1.807, 2.05) is 0 Å². The van der Waals surface area contributed by atoms with E-state index in [-0.39, 0.29) is 5.41 Å². The number of aliphatic hydroxyl groups is 1. The molecule has 0 aromatic heterocycles. The van der Waals surface area contributed by atoms with Crippen LogP contribution in [0.5, 0.6) is 0 Å². The number of aliphatic hydroxyl groups excluding tert-OH is 1. The van der Waals surface area contributed by atoms with Gasteiger partial charge >= 0.3 is 0 Å². The SMILES string of the molecule is CCCN(CCN(C)C)CC1(CO)CCCC(C)C1. The van der Waals surface area contributed by atoms with E-state index in [1.165, 1.54) is 32.1 Å². The fourth-order valence-electron chi connectivity index (χ4n) is 3.51. The fraction of sp³-hybridized carbons (Fsp3) is 1.00. The van der Waals surface area contributed by atoms with Gasteiger partial charge in [0.05, 0.1) is 0 Å². The largest absolute Gasteiger partial charge is 0.396 e. The minimum absolute atomic E-state index is 0.166. The first-order valence-electron chi connectivity index (χ1n) is 7.99. The molecule has 0 aliphatic heterocycles. The van der Waals surface area contributed by atoms with Gasteiger partial charge in [0.2, 0.25) is 0 Å². The molecule has 0 radical (unpaired) electrons. The minimum Gasteiger partial charge on any atom is -0.396 e. The summed E-state index contributed by atoms with van der Waals surface area (Å²) in [6.07, 6.45) is 6.23. The first-order chi connectivity index (χ1) is 9.01. The zero-order chi connectivity index (χ0) is 14.3. The van der Waals surface area contributed by atoms with Gasteiger partial charge in [-0.05, 0) is 45.8 Å². The normalized spacial score (nSPS) is 28.3. The highest BCUT2D eigenvalue weighted by Gasteiger charge is 2.35. The van der Waals surface area contributed by atoms with E-state index in [4.69, 9.17) is 0 Å². The topological polar surface area (TPSA) is 26.7 Å². The van der Waals surface area contributed by atoms with Crippen LogP contribution in [-0.2, 0) is 0 Å². The third-order valence-electron chi connectivity index (χ3n) is 4.48. The van der Waals surface area contributed by atoms with Crippen LogP contribution < -0.4 is 0 Å². The van der Waals surface area contributed by atoms with Crippen molar-refractivity contribution in [1.29, 1.82) is 0 Å². The molecule has 1 rings (SSSR count). The zero-order valence-electron chi connectivity index (χ0n) is 13.5. The van der Waals surface area contributed by atoms with E-state index in [0.29, 0.717) is 6.61 Å². The molecule has 0 amide bonds. The van der Waals surface area contributed by atoms with E-state index in [1.54, 1.807) is 0 Å². The van der Waals surface area contributed by atoms with Crippen molar-refractivity contribution in [3.63, 3.8) is 0 Å². The third-order valence-corrected chi connectivity index (χ3v) is 4.48. The molecule has 1 aliphatic rings. The highest BCUT2D eigenvalue weighted by atomic mass is 16.3. The maximum Gasteiger partial charge on any atom is 0.0499 e. The molecule has 0 bridgehead atoms. The lowest BCUT2D eigenvalue weighted by Gasteiger charge is -2.42. The van der Waals surface area contributed by atoms with Crippen molar-refractivity contribution < 1.29 is 5.11 Å². The number of likely N-dealkylation sites (N-methyl/N-ethyl adjacent to an activating group) is 1. The van der Waals surface area contributed by atoms with E-state index in [9.17, 15) is 5.11 Å². The molecule has 0 spiro atoms. The molecule has 1 fully saturated rings. The summed E-state index contributed by atoms with van der Waals surface area (Å²) in [5, 5.41) is 9.92. The van der Waals surface area contributed by atoms with Crippen molar-refractivity contribution in [3.8, 4) is 0 Å². The summed E-state index contributed by atoms with van der Waals surface area (Å²) < 4.78 is 0. The molecule has 3 nitrogen and oxygen atoms in total. The van der Waals surface area contributed by atoms with Gasteiger partial charge < -0.3 is 14.9 Å². The second-order valence-corrected chi connectivity index (χ2v) is 6.94. The molecule has 0 heterocycles. The van der Waals surface area contributed by atoms with Crippen LogP contribution in [0, 0.1) is 11.3 Å². The van der Waals surface area contributed by atoms with Gasteiger partial charge in [-0.3, -0.25) is 0 Å². The van der Waals surface area contributed by atoms with Crippen LogP contribution in [0.1, 0.15) is 46.0 Å². The van der Waals surface area contributed by atoms with E-state index in [2.05, 4.69) is 37.7 Å². The molecule has 1 aliphatic carbocycles. The van der Waals surface area contributed by atoms with Gasteiger partial charge in [-0.2, -0.15) is 0 Å². The maximum atomic E-state index is 9.92. The first-order valence-corrected chi connectivity index (χ1v) is 7.99. The minimum atomic E-state index is 0.166. The van der Waals surface area contributed by atoms with Crippen molar-refractivity contribution in [1.82, 2.24) is 9.80 Å². The smallest absolute Gasteiger partial charge is 0.0499 e. The van der Waals surface area contributed by atoms with Gasteiger partial charge in [-0.15, -0.1) is 0 Å². The molecule has 0 saturated heterocycles. The lowest BCUT2D eigenvalue weighted by molar-refractivity contribution is 0.0224. The monoisotopic (exact) mass is 270 g/mol. The number of rotatable bonds is 8. The predicted octanol–water partition coefficient (Wildman–Crippen LogP) is 2.45. The quantitative estimate of drug-likeness (QED) is 0.734. The third kappa shape index (κ3) is 5.80. The van der Waals surface area contributed by atoms with Crippen LogP contribution in [0.25, 0.3) is 0 Å². The van der Waals surface area contributed by atoms with Gasteiger partial charge in [0.15, 0.2) is 0 Å². The first kappa shape index (κ1) is 16.9. The molecule has 3 heteroatoms. The average Bonchev–Trinajstić information content (AvgIpc) is 2.36. The molecule has 0 aromatic rings. The molecule has 0 aromatic carbocycles. The number of nitrogens with zero attached hydrogens (tertiary/aromatic N) is 2. The van der Waals surface area contributed by atoms with Crippen LogP contribution in [0.15, 0.2) is 0 Å². The van der Waals surface area contributed by atoms with Gasteiger partial charge in [0.1, 0.15) is 0 Å². The van der Waals surface area contributed by atoms with Crippen LogP contribution in [0.4, 0.5) is 0 Å². The van der Waals surface area contributed by atoms with Gasteiger partial charge in [-0.25, -0.2) is 0 Å². The lowest BCUT2D eigenvalue weighted by Crippen LogP contribution is -2.45. The van der Waals surface area contributed by atoms with Crippen molar-refractivity contribution in [2.75, 3.05) is 46.9 Å². The van der Waals surface area contributed by atoms with Gasteiger partial charge in [-0.1, -0.05) is 26.7 Å². The average molecular weight is 270 g/mol. The Morgan fingerprint density at radius 1 is 1.21 bits per heavy atom. The molecular formula is C16H34N2O. The lowest BCUT2D eigenvalue weighted by atomic mass is 9.70. The Morgan fingerprint density at radius 2 is 1.95 bits per heavy atom. The van der Waals surface area contributed by atoms with Crippen molar-refractivity contribution >= 4 is 0 Å². The second-order valence-electron chi connectivity index (χ2n) is 6.94. The molecular weight excluding hydrogens is 236 g/mol. The summed E-state index contributed by atoms with van der Waals surface area (Å²) >= 11 is 0. The summed E-state index contributed by atoms with van der Waals surface area (Å²) in [5.41, 5.74) is 0.166. The summed E-state index contributed by atoms with van der Waals surface area (Å²) in [6.45, 7) is 9.42. The maximum absolute atomic E-state index is 9.92. The van der Waals surface area contributed by atoms with Gasteiger partial charge in [0, 0.05) is 31.7 Å². The van der Waals surface area contributed by atoms with E-state index < -0.39 is 0 Å². The van der Waals surface area contributed by atoms with Crippen LogP contribution in [-0.4, -0.2) is 61.8 Å². The molecule has 114 valence electrons. The second kappa shape index (κ2) is 8.23. The summed E-state index contributed by atoms with van der Waals surface area (Å²) in [7, 11) is 4.27. The van der Waals surface area contributed by atoms with E-state index in [0.717, 1.165) is 32.1 Å². The molecule has 2 atom stereocenters. The Labute approximate surface area is 120 Å². The van der Waals surface area contributed by atoms with E-state index >= 15 is 0 Å². The summed E-state index contributed by atoms with van der Waals surface area (Å²) in [6, 6.07) is 0. The predicted molar refractivity (Wildman–Crippen MR) is 82.4 cm³/mol. The fourth-order valence-corrected chi connectivity index (χ4v) is 3.51. The standard InChI is InChI=1S/C16H34N2O/c1-5-9-18(11-10-17(3)4)13-16(14-19)8-6-7-15(2)12-16/h15,19H,5-14H2,1-4H3. The number of hydrogen-bond acceptors (Lipinski definition) is 3. The Bertz CT molecular complexity index is 245. The Kier molecular flexibility index (Phi) is 7.33. The Hall–Kier alpha value is -0.120. The highest BCUT2D eigenvalue weighted by molar-refractivity contribution is 4.87. The molecule has 1 saturated carbocycles. The zero-order valence-corrected chi connectivity index (χ0v) is 13.5. The van der Waals surface area contributed by atoms with Crippen LogP contribution in [0.3, 0.4) is 0 Å². The van der Waals surface area contributed by atoms with Crippen molar-refractivity contribution in [3.05, 3.63) is 0 Å². The Balaban J connectivity index is 2.57. The Morgan fingerprint density at radius 3 is 2.47 bits per heavy atom.